The van der Waals surface area contributed by atoms with Crippen LogP contribution in [0.3, 0.4) is 0 Å². The maximum absolute atomic E-state index is 13.1. The molecule has 0 aromatic heterocycles. The molecule has 13 heteroatoms. The number of benzene rings is 1. The van der Waals surface area contributed by atoms with Crippen LogP contribution in [0, 0.1) is 5.92 Å². The van der Waals surface area contributed by atoms with Gasteiger partial charge in [-0.05, 0) is 30.0 Å². The number of hydrogen-bond donors (Lipinski definition) is 8. The second-order valence-corrected chi connectivity index (χ2v) is 8.28. The van der Waals surface area contributed by atoms with Crippen LogP contribution in [0.25, 0.3) is 0 Å². The summed E-state index contributed by atoms with van der Waals surface area (Å²) in [5.74, 6) is -5.66. The normalized spacial score (nSPS) is 14.3. The van der Waals surface area contributed by atoms with Crippen molar-refractivity contribution in [1.82, 2.24) is 16.0 Å². The Morgan fingerprint density at radius 3 is 1.91 bits per heavy atom. The lowest BCUT2D eigenvalue weighted by atomic mass is 10.0. The van der Waals surface area contributed by atoms with E-state index in [1.165, 1.54) is 24.3 Å². The average Bonchev–Trinajstić information content (AvgIpc) is 2.79. The minimum Gasteiger partial charge on any atom is -0.508 e. The molecule has 0 bridgehead atoms. The van der Waals surface area contributed by atoms with Crippen molar-refractivity contribution in [3.63, 3.8) is 0 Å². The molecule has 13 nitrogen and oxygen atoms in total. The highest BCUT2D eigenvalue weighted by Crippen LogP contribution is 2.12. The number of phenols is 1. The fraction of sp³-hybridized carbons (Fsp3) is 0.500. The molecule has 0 fully saturated rings. The van der Waals surface area contributed by atoms with E-state index in [0.29, 0.717) is 5.56 Å². The van der Waals surface area contributed by atoms with Crippen LogP contribution in [0.15, 0.2) is 24.3 Å². The SMILES string of the molecule is CC(C)C(NC(=O)C(CCC(=O)O)NC(=O)C(Cc1ccc(O)cc1)NC(=O)C(N)CO)C(=O)O. The Morgan fingerprint density at radius 1 is 0.886 bits per heavy atom. The molecule has 0 saturated heterocycles. The van der Waals surface area contributed by atoms with Gasteiger partial charge in [0.15, 0.2) is 0 Å². The maximum Gasteiger partial charge on any atom is 0.326 e. The Hall–Kier alpha value is -3.71. The third-order valence-electron chi connectivity index (χ3n) is 5.05. The van der Waals surface area contributed by atoms with E-state index in [2.05, 4.69) is 16.0 Å². The zero-order valence-corrected chi connectivity index (χ0v) is 19.4. The zero-order chi connectivity index (χ0) is 26.7. The monoisotopic (exact) mass is 496 g/mol. The summed E-state index contributed by atoms with van der Waals surface area (Å²) >= 11 is 0. The molecule has 0 heterocycles. The Balaban J connectivity index is 3.14. The highest BCUT2D eigenvalue weighted by molar-refractivity contribution is 5.94. The maximum atomic E-state index is 13.1. The van der Waals surface area contributed by atoms with Gasteiger partial charge < -0.3 is 42.1 Å². The van der Waals surface area contributed by atoms with E-state index in [0.717, 1.165) is 0 Å². The molecular weight excluding hydrogens is 464 g/mol. The lowest BCUT2D eigenvalue weighted by Crippen LogP contribution is -2.58. The van der Waals surface area contributed by atoms with E-state index in [1.54, 1.807) is 13.8 Å². The number of aromatic hydroxyl groups is 1. The van der Waals surface area contributed by atoms with Crippen molar-refractivity contribution in [2.24, 2.45) is 11.7 Å². The minimum atomic E-state index is -1.41. The molecule has 0 radical (unpaired) electrons. The van der Waals surface area contributed by atoms with Crippen LogP contribution in [0.4, 0.5) is 0 Å². The number of aliphatic hydroxyl groups excluding tert-OH is 1. The molecule has 0 aliphatic heterocycles. The van der Waals surface area contributed by atoms with Crippen molar-refractivity contribution in [1.29, 1.82) is 0 Å². The molecule has 0 saturated carbocycles. The largest absolute Gasteiger partial charge is 0.508 e. The van der Waals surface area contributed by atoms with E-state index >= 15 is 0 Å². The third kappa shape index (κ3) is 9.98. The van der Waals surface area contributed by atoms with Crippen molar-refractivity contribution in [3.8, 4) is 5.75 Å². The predicted octanol–water partition coefficient (Wildman–Crippen LogP) is -1.69. The number of rotatable bonds is 14. The standard InChI is InChI=1S/C22H32N4O9/c1-11(2)18(22(34)35)26-20(32)15(7-8-17(29)30)24-21(33)16(25-19(31)14(23)10-27)9-12-3-5-13(28)6-4-12/h3-6,11,14-16,18,27-28H,7-10,23H2,1-2H3,(H,24,33)(H,25,31)(H,26,32)(H,29,30)(H,34,35). The zero-order valence-electron chi connectivity index (χ0n) is 19.4. The quantitative estimate of drug-likeness (QED) is 0.146. The van der Waals surface area contributed by atoms with Crippen molar-refractivity contribution in [2.75, 3.05) is 6.61 Å². The summed E-state index contributed by atoms with van der Waals surface area (Å²) in [6.07, 6.45) is -0.928. The summed E-state index contributed by atoms with van der Waals surface area (Å²) < 4.78 is 0. The van der Waals surface area contributed by atoms with E-state index in [4.69, 9.17) is 15.9 Å². The summed E-state index contributed by atoms with van der Waals surface area (Å²) in [4.78, 5) is 60.5. The van der Waals surface area contributed by atoms with Gasteiger partial charge in [0.1, 0.15) is 29.9 Å². The number of phenolic OH excluding ortho intramolecular Hbond substituents is 1. The lowest BCUT2D eigenvalue weighted by Gasteiger charge is -2.26. The van der Waals surface area contributed by atoms with Crippen LogP contribution in [-0.4, -0.2) is 80.9 Å². The van der Waals surface area contributed by atoms with Crippen molar-refractivity contribution < 1.29 is 44.4 Å². The van der Waals surface area contributed by atoms with Gasteiger partial charge >= 0.3 is 11.9 Å². The first kappa shape index (κ1) is 29.3. The molecule has 9 N–H and O–H groups in total. The highest BCUT2D eigenvalue weighted by atomic mass is 16.4. The highest BCUT2D eigenvalue weighted by Gasteiger charge is 2.31. The number of aliphatic hydroxyl groups is 1. The van der Waals surface area contributed by atoms with Gasteiger partial charge in [-0.25, -0.2) is 4.79 Å². The molecule has 194 valence electrons. The Bertz CT molecular complexity index is 905. The number of carbonyl (C=O) groups is 5. The van der Waals surface area contributed by atoms with Crippen LogP contribution in [-0.2, 0) is 30.4 Å². The van der Waals surface area contributed by atoms with Crippen LogP contribution < -0.4 is 21.7 Å². The molecule has 4 atom stereocenters. The topological polar surface area (TPSA) is 228 Å². The summed E-state index contributed by atoms with van der Waals surface area (Å²) in [5.41, 5.74) is 6.03. The van der Waals surface area contributed by atoms with Crippen molar-refractivity contribution >= 4 is 29.7 Å². The first-order chi connectivity index (χ1) is 16.3. The summed E-state index contributed by atoms with van der Waals surface area (Å²) in [5, 5.41) is 44.0. The predicted molar refractivity (Wildman–Crippen MR) is 122 cm³/mol. The third-order valence-corrected chi connectivity index (χ3v) is 5.05. The van der Waals surface area contributed by atoms with Gasteiger partial charge in [-0.1, -0.05) is 26.0 Å². The van der Waals surface area contributed by atoms with Gasteiger partial charge in [0, 0.05) is 12.8 Å². The van der Waals surface area contributed by atoms with E-state index < -0.39 is 72.8 Å². The number of carboxylic acid groups (broad SMARTS) is 2. The summed E-state index contributed by atoms with van der Waals surface area (Å²) in [6.45, 7) is 2.45. The number of amides is 3. The van der Waals surface area contributed by atoms with Gasteiger partial charge in [0.05, 0.1) is 6.61 Å². The van der Waals surface area contributed by atoms with Crippen molar-refractivity contribution in [3.05, 3.63) is 29.8 Å². The van der Waals surface area contributed by atoms with Gasteiger partial charge in [-0.2, -0.15) is 0 Å². The van der Waals surface area contributed by atoms with E-state index in [-0.39, 0.29) is 18.6 Å². The summed E-state index contributed by atoms with van der Waals surface area (Å²) in [6, 6.07) is 0.444. The second-order valence-electron chi connectivity index (χ2n) is 8.28. The molecule has 1 aromatic carbocycles. The van der Waals surface area contributed by atoms with Crippen LogP contribution in [0.2, 0.25) is 0 Å². The molecule has 1 aromatic rings. The molecule has 35 heavy (non-hydrogen) atoms. The van der Waals surface area contributed by atoms with Crippen molar-refractivity contribution in [2.45, 2.75) is 57.3 Å². The molecular formula is C22H32N4O9. The molecule has 1 rings (SSSR count). The summed E-state index contributed by atoms with van der Waals surface area (Å²) in [7, 11) is 0. The van der Waals surface area contributed by atoms with Gasteiger partial charge in [0.2, 0.25) is 17.7 Å². The van der Waals surface area contributed by atoms with Crippen LogP contribution >= 0.6 is 0 Å². The first-order valence-corrected chi connectivity index (χ1v) is 10.9. The number of carboxylic acids is 2. The minimum absolute atomic E-state index is 0.0235. The number of carbonyl (C=O) groups excluding carboxylic acids is 3. The number of aliphatic carboxylic acids is 2. The Labute approximate surface area is 201 Å². The molecule has 0 spiro atoms. The van der Waals surface area contributed by atoms with E-state index in [9.17, 15) is 34.2 Å². The molecule has 3 amide bonds. The lowest BCUT2D eigenvalue weighted by molar-refractivity contribution is -0.144. The second kappa shape index (κ2) is 13.9. The van der Waals surface area contributed by atoms with Gasteiger partial charge in [0.25, 0.3) is 0 Å². The van der Waals surface area contributed by atoms with E-state index in [1.807, 2.05) is 0 Å². The molecule has 4 unspecified atom stereocenters. The first-order valence-electron chi connectivity index (χ1n) is 10.9. The Morgan fingerprint density at radius 2 is 1.43 bits per heavy atom. The van der Waals surface area contributed by atoms with Gasteiger partial charge in [-0.3, -0.25) is 19.2 Å². The molecule has 0 aliphatic carbocycles. The van der Waals surface area contributed by atoms with Crippen LogP contribution in [0.1, 0.15) is 32.3 Å². The molecule has 0 aliphatic rings. The fourth-order valence-electron chi connectivity index (χ4n) is 3.02. The van der Waals surface area contributed by atoms with Gasteiger partial charge in [-0.15, -0.1) is 0 Å². The number of hydrogen-bond acceptors (Lipinski definition) is 8. The van der Waals surface area contributed by atoms with Crippen LogP contribution in [0.5, 0.6) is 5.75 Å². The number of nitrogens with one attached hydrogen (secondary N) is 3. The average molecular weight is 497 g/mol. The number of nitrogens with two attached hydrogens (primary N) is 1. The smallest absolute Gasteiger partial charge is 0.326 e. The Kier molecular flexibility index (Phi) is 11.6. The fourth-order valence-corrected chi connectivity index (χ4v) is 3.02.